The minimum absolute atomic E-state index is 0.109. The van der Waals surface area contributed by atoms with Gasteiger partial charge in [-0.05, 0) is 31.2 Å². The van der Waals surface area contributed by atoms with E-state index in [0.29, 0.717) is 18.9 Å². The molecule has 0 bridgehead atoms. The van der Waals surface area contributed by atoms with Crippen molar-refractivity contribution >= 4 is 5.78 Å². The number of rotatable bonds is 6. The van der Waals surface area contributed by atoms with Crippen molar-refractivity contribution < 1.29 is 9.53 Å². The van der Waals surface area contributed by atoms with Gasteiger partial charge in [-0.2, -0.15) is 0 Å². The van der Waals surface area contributed by atoms with Crippen LogP contribution in [0.1, 0.15) is 51.0 Å². The predicted molar refractivity (Wildman–Crippen MR) is 76.9 cm³/mol. The monoisotopic (exact) mass is 260 g/mol. The van der Waals surface area contributed by atoms with Gasteiger partial charge in [0.15, 0.2) is 0 Å². The molecule has 0 aromatic heterocycles. The van der Waals surface area contributed by atoms with E-state index >= 15 is 0 Å². The lowest BCUT2D eigenvalue weighted by Gasteiger charge is -2.29. The number of carbonyl (C=O) groups excluding carboxylic acids is 1. The molecule has 104 valence electrons. The number of ether oxygens (including phenoxy) is 1. The standard InChI is InChI=1S/C17H24O2/c1-14(18)12-17(16-10-6-3-7-11-16)19-13-15-8-4-2-5-9-15/h2,4-5,8-9,16-17H,3,6-7,10-13H2,1H3. The Hall–Kier alpha value is -1.15. The molecular weight excluding hydrogens is 236 g/mol. The molecule has 1 atom stereocenters. The van der Waals surface area contributed by atoms with E-state index in [1.165, 1.54) is 37.7 Å². The second-order valence-electron chi connectivity index (χ2n) is 5.64. The zero-order valence-corrected chi connectivity index (χ0v) is 11.8. The van der Waals surface area contributed by atoms with Gasteiger partial charge in [-0.1, -0.05) is 49.6 Å². The third-order valence-electron chi connectivity index (χ3n) is 3.97. The minimum Gasteiger partial charge on any atom is -0.373 e. The summed E-state index contributed by atoms with van der Waals surface area (Å²) >= 11 is 0. The SMILES string of the molecule is CC(=O)CC(OCc1ccccc1)C1CCCCC1. The summed E-state index contributed by atoms with van der Waals surface area (Å²) in [6, 6.07) is 10.2. The van der Waals surface area contributed by atoms with Crippen LogP contribution in [0.2, 0.25) is 0 Å². The Bertz CT molecular complexity index is 380. The molecule has 0 aliphatic heterocycles. The van der Waals surface area contributed by atoms with E-state index in [9.17, 15) is 4.79 Å². The molecular formula is C17H24O2. The maximum absolute atomic E-state index is 11.4. The fourth-order valence-corrected chi connectivity index (χ4v) is 2.93. The van der Waals surface area contributed by atoms with Crippen LogP contribution in [0.5, 0.6) is 0 Å². The summed E-state index contributed by atoms with van der Waals surface area (Å²) in [6.07, 6.45) is 7.01. The average molecular weight is 260 g/mol. The lowest BCUT2D eigenvalue weighted by atomic mass is 9.83. The Kier molecular flexibility index (Phi) is 5.59. The van der Waals surface area contributed by atoms with Crippen molar-refractivity contribution in [2.45, 2.75) is 58.2 Å². The molecule has 1 unspecified atom stereocenters. The summed E-state index contributed by atoms with van der Waals surface area (Å²) in [5.41, 5.74) is 1.19. The van der Waals surface area contributed by atoms with Crippen LogP contribution < -0.4 is 0 Å². The van der Waals surface area contributed by atoms with E-state index in [1.54, 1.807) is 6.92 Å². The third kappa shape index (κ3) is 4.79. The summed E-state index contributed by atoms with van der Waals surface area (Å²) < 4.78 is 6.06. The first-order valence-electron chi connectivity index (χ1n) is 7.40. The molecule has 0 saturated heterocycles. The van der Waals surface area contributed by atoms with Gasteiger partial charge in [0.25, 0.3) is 0 Å². The number of ketones is 1. The van der Waals surface area contributed by atoms with Crippen molar-refractivity contribution in [1.82, 2.24) is 0 Å². The van der Waals surface area contributed by atoms with Crippen molar-refractivity contribution in [3.8, 4) is 0 Å². The Morgan fingerprint density at radius 1 is 1.21 bits per heavy atom. The Labute approximate surface area is 116 Å². The molecule has 2 rings (SSSR count). The lowest BCUT2D eigenvalue weighted by Crippen LogP contribution is -2.28. The fraction of sp³-hybridized carbons (Fsp3) is 0.588. The van der Waals surface area contributed by atoms with Gasteiger partial charge in [0.1, 0.15) is 5.78 Å². The van der Waals surface area contributed by atoms with E-state index in [2.05, 4.69) is 12.1 Å². The number of carbonyl (C=O) groups is 1. The van der Waals surface area contributed by atoms with Crippen LogP contribution >= 0.6 is 0 Å². The van der Waals surface area contributed by atoms with Gasteiger partial charge >= 0.3 is 0 Å². The highest BCUT2D eigenvalue weighted by Crippen LogP contribution is 2.30. The molecule has 1 fully saturated rings. The first-order valence-corrected chi connectivity index (χ1v) is 7.40. The summed E-state index contributed by atoms with van der Waals surface area (Å²) in [5, 5.41) is 0. The molecule has 2 heteroatoms. The molecule has 1 aromatic rings. The topological polar surface area (TPSA) is 26.3 Å². The van der Waals surface area contributed by atoms with Gasteiger partial charge in [-0.15, -0.1) is 0 Å². The lowest BCUT2D eigenvalue weighted by molar-refractivity contribution is -0.121. The third-order valence-corrected chi connectivity index (χ3v) is 3.97. The van der Waals surface area contributed by atoms with Crippen molar-refractivity contribution in [3.05, 3.63) is 35.9 Å². The van der Waals surface area contributed by atoms with Crippen molar-refractivity contribution in [1.29, 1.82) is 0 Å². The smallest absolute Gasteiger partial charge is 0.132 e. The zero-order chi connectivity index (χ0) is 13.5. The van der Waals surface area contributed by atoms with Gasteiger partial charge < -0.3 is 4.74 Å². The summed E-state index contributed by atoms with van der Waals surface area (Å²) in [7, 11) is 0. The molecule has 1 aliphatic rings. The molecule has 0 spiro atoms. The maximum Gasteiger partial charge on any atom is 0.132 e. The molecule has 0 heterocycles. The average Bonchev–Trinajstić information content (AvgIpc) is 2.45. The number of hydrogen-bond donors (Lipinski definition) is 0. The number of hydrogen-bond acceptors (Lipinski definition) is 2. The van der Waals surface area contributed by atoms with Gasteiger partial charge in [0.2, 0.25) is 0 Å². The van der Waals surface area contributed by atoms with Crippen LogP contribution in [0.3, 0.4) is 0 Å². The fourth-order valence-electron chi connectivity index (χ4n) is 2.93. The minimum atomic E-state index is 0.109. The van der Waals surface area contributed by atoms with Crippen molar-refractivity contribution in [2.75, 3.05) is 0 Å². The first-order chi connectivity index (χ1) is 9.25. The van der Waals surface area contributed by atoms with Gasteiger partial charge in [0.05, 0.1) is 12.7 Å². The second-order valence-corrected chi connectivity index (χ2v) is 5.64. The quantitative estimate of drug-likeness (QED) is 0.768. The number of Topliss-reactive ketones (excluding diaryl/α,β-unsaturated/α-hetero) is 1. The summed E-state index contributed by atoms with van der Waals surface area (Å²) in [6.45, 7) is 2.29. The molecule has 1 aliphatic carbocycles. The van der Waals surface area contributed by atoms with E-state index in [1.807, 2.05) is 18.2 Å². The normalized spacial score (nSPS) is 18.2. The van der Waals surface area contributed by atoms with E-state index in [4.69, 9.17) is 4.74 Å². The van der Waals surface area contributed by atoms with Crippen molar-refractivity contribution in [3.63, 3.8) is 0 Å². The van der Waals surface area contributed by atoms with Crippen LogP contribution in [0.15, 0.2) is 30.3 Å². The van der Waals surface area contributed by atoms with Crippen LogP contribution in [0, 0.1) is 5.92 Å². The van der Waals surface area contributed by atoms with Crippen LogP contribution in [0.25, 0.3) is 0 Å². The van der Waals surface area contributed by atoms with E-state index in [0.717, 1.165) is 0 Å². The highest BCUT2D eigenvalue weighted by atomic mass is 16.5. The highest BCUT2D eigenvalue weighted by Gasteiger charge is 2.25. The molecule has 1 aromatic carbocycles. The summed E-state index contributed by atoms with van der Waals surface area (Å²) in [4.78, 5) is 11.4. The second kappa shape index (κ2) is 7.44. The highest BCUT2D eigenvalue weighted by molar-refractivity contribution is 5.76. The Morgan fingerprint density at radius 2 is 1.89 bits per heavy atom. The van der Waals surface area contributed by atoms with Gasteiger partial charge in [-0.3, -0.25) is 4.79 Å². The van der Waals surface area contributed by atoms with Crippen LogP contribution in [0.4, 0.5) is 0 Å². The molecule has 2 nitrogen and oxygen atoms in total. The van der Waals surface area contributed by atoms with Gasteiger partial charge in [-0.25, -0.2) is 0 Å². The first kappa shape index (κ1) is 14.3. The van der Waals surface area contributed by atoms with E-state index < -0.39 is 0 Å². The molecule has 1 saturated carbocycles. The molecule has 0 radical (unpaired) electrons. The Balaban J connectivity index is 1.91. The predicted octanol–water partition coefficient (Wildman–Crippen LogP) is 4.13. The zero-order valence-electron chi connectivity index (χ0n) is 11.8. The Morgan fingerprint density at radius 3 is 2.53 bits per heavy atom. The molecule has 19 heavy (non-hydrogen) atoms. The maximum atomic E-state index is 11.4. The molecule has 0 N–H and O–H groups in total. The largest absolute Gasteiger partial charge is 0.373 e. The summed E-state index contributed by atoms with van der Waals surface area (Å²) in [5.74, 6) is 0.810. The van der Waals surface area contributed by atoms with Crippen LogP contribution in [-0.4, -0.2) is 11.9 Å². The molecule has 0 amide bonds. The van der Waals surface area contributed by atoms with E-state index in [-0.39, 0.29) is 11.9 Å². The van der Waals surface area contributed by atoms with Crippen LogP contribution in [-0.2, 0) is 16.1 Å². The number of benzene rings is 1. The van der Waals surface area contributed by atoms with Gasteiger partial charge in [0, 0.05) is 6.42 Å². The van der Waals surface area contributed by atoms with Crippen molar-refractivity contribution in [2.24, 2.45) is 5.92 Å².